The Morgan fingerprint density at radius 1 is 1.20 bits per heavy atom. The number of hydrogen-bond acceptors (Lipinski definition) is 2. The maximum absolute atomic E-state index is 5.87. The van der Waals surface area contributed by atoms with Crippen molar-refractivity contribution < 1.29 is 0 Å². The summed E-state index contributed by atoms with van der Waals surface area (Å²) in [4.78, 5) is 4.25. The number of nitrogens with two attached hydrogens (primary N) is 1. The maximum atomic E-state index is 5.87. The zero-order valence-corrected chi connectivity index (χ0v) is 9.41. The van der Waals surface area contributed by atoms with Crippen molar-refractivity contribution in [1.82, 2.24) is 4.98 Å². The summed E-state index contributed by atoms with van der Waals surface area (Å²) in [5.74, 6) is 1.17. The van der Waals surface area contributed by atoms with E-state index in [-0.39, 0.29) is 0 Å². The number of aromatic nitrogens is 1. The summed E-state index contributed by atoms with van der Waals surface area (Å²) < 4.78 is 0. The summed E-state index contributed by atoms with van der Waals surface area (Å²) in [7, 11) is 0. The van der Waals surface area contributed by atoms with Gasteiger partial charge in [-0.3, -0.25) is 0 Å². The van der Waals surface area contributed by atoms with Gasteiger partial charge in [-0.1, -0.05) is 32.0 Å². The highest BCUT2D eigenvalue weighted by molar-refractivity contribution is 5.91. The number of hydrogen-bond donors (Lipinski definition) is 1. The Balaban J connectivity index is 2.71. The Kier molecular flexibility index (Phi) is 2.35. The van der Waals surface area contributed by atoms with Crippen LogP contribution in [0.5, 0.6) is 0 Å². The number of anilines is 1. The van der Waals surface area contributed by atoms with Crippen LogP contribution in [0.25, 0.3) is 10.8 Å². The molecule has 0 aliphatic heterocycles. The van der Waals surface area contributed by atoms with Crippen molar-refractivity contribution >= 4 is 16.6 Å². The van der Waals surface area contributed by atoms with E-state index < -0.39 is 0 Å². The molecule has 0 unspecified atom stereocenters. The van der Waals surface area contributed by atoms with Crippen LogP contribution in [0.3, 0.4) is 0 Å². The third-order valence-electron chi connectivity index (χ3n) is 2.68. The summed E-state index contributed by atoms with van der Waals surface area (Å²) in [6.07, 6.45) is 0. The maximum Gasteiger partial charge on any atom is 0.131 e. The minimum absolute atomic E-state index is 0.545. The first-order chi connectivity index (χ1) is 7.08. The van der Waals surface area contributed by atoms with Crippen LogP contribution in [0.1, 0.15) is 31.0 Å². The summed E-state index contributed by atoms with van der Waals surface area (Å²) in [6, 6.07) is 8.47. The van der Waals surface area contributed by atoms with Crippen molar-refractivity contribution in [3.05, 3.63) is 35.5 Å². The van der Waals surface area contributed by atoms with Crippen LogP contribution < -0.4 is 5.73 Å². The van der Waals surface area contributed by atoms with Crippen molar-refractivity contribution in [2.75, 3.05) is 5.73 Å². The fourth-order valence-corrected chi connectivity index (χ4v) is 1.80. The first-order valence-corrected chi connectivity index (χ1v) is 5.24. The molecule has 0 saturated heterocycles. The molecule has 0 bridgehead atoms. The second-order valence-corrected chi connectivity index (χ2v) is 4.28. The minimum atomic E-state index is 0.545. The van der Waals surface area contributed by atoms with Gasteiger partial charge in [0.2, 0.25) is 0 Å². The van der Waals surface area contributed by atoms with E-state index in [0.717, 1.165) is 11.1 Å². The zero-order chi connectivity index (χ0) is 11.0. The number of benzene rings is 1. The molecule has 2 heteroatoms. The van der Waals surface area contributed by atoms with E-state index in [2.05, 4.69) is 43.1 Å². The monoisotopic (exact) mass is 200 g/mol. The van der Waals surface area contributed by atoms with Crippen LogP contribution >= 0.6 is 0 Å². The first kappa shape index (κ1) is 9.97. The number of nitrogens with zero attached hydrogens (tertiary/aromatic N) is 1. The molecule has 0 spiro atoms. The number of aryl methyl sites for hydroxylation is 1. The molecule has 1 aromatic heterocycles. The van der Waals surface area contributed by atoms with E-state index in [1.807, 2.05) is 6.92 Å². The van der Waals surface area contributed by atoms with Crippen LogP contribution in [0.15, 0.2) is 24.3 Å². The second kappa shape index (κ2) is 3.54. The van der Waals surface area contributed by atoms with Gasteiger partial charge >= 0.3 is 0 Å². The number of nitrogen functional groups attached to an aromatic ring is 1. The van der Waals surface area contributed by atoms with Gasteiger partial charge in [-0.05, 0) is 29.9 Å². The van der Waals surface area contributed by atoms with Gasteiger partial charge < -0.3 is 5.73 Å². The lowest BCUT2D eigenvalue weighted by Crippen LogP contribution is -1.95. The predicted octanol–water partition coefficient (Wildman–Crippen LogP) is 3.25. The van der Waals surface area contributed by atoms with Crippen molar-refractivity contribution in [3.63, 3.8) is 0 Å². The van der Waals surface area contributed by atoms with E-state index in [4.69, 9.17) is 5.73 Å². The van der Waals surface area contributed by atoms with E-state index in [0.29, 0.717) is 11.7 Å². The van der Waals surface area contributed by atoms with Crippen molar-refractivity contribution in [2.45, 2.75) is 26.7 Å². The minimum Gasteiger partial charge on any atom is -0.383 e. The van der Waals surface area contributed by atoms with Crippen LogP contribution in [-0.4, -0.2) is 4.98 Å². The first-order valence-electron chi connectivity index (χ1n) is 5.24. The molecule has 15 heavy (non-hydrogen) atoms. The summed E-state index contributed by atoms with van der Waals surface area (Å²) in [6.45, 7) is 6.36. The Labute approximate surface area is 90.1 Å². The molecule has 2 rings (SSSR count). The SMILES string of the molecule is Cc1cc2cc(C(C)C)ccc2c(N)n1. The third-order valence-corrected chi connectivity index (χ3v) is 2.68. The molecular weight excluding hydrogens is 184 g/mol. The van der Waals surface area contributed by atoms with Gasteiger partial charge in [0.05, 0.1) is 0 Å². The Bertz CT molecular complexity index is 501. The molecule has 0 saturated carbocycles. The van der Waals surface area contributed by atoms with Gasteiger partial charge in [0.1, 0.15) is 5.82 Å². The number of fused-ring (bicyclic) bond motifs is 1. The molecule has 0 aliphatic rings. The fraction of sp³-hybridized carbons (Fsp3) is 0.308. The van der Waals surface area contributed by atoms with Crippen molar-refractivity contribution in [3.8, 4) is 0 Å². The molecule has 0 aliphatic carbocycles. The molecular formula is C13H16N2. The topological polar surface area (TPSA) is 38.9 Å². The second-order valence-electron chi connectivity index (χ2n) is 4.28. The average molecular weight is 200 g/mol. The highest BCUT2D eigenvalue weighted by Crippen LogP contribution is 2.24. The summed E-state index contributed by atoms with van der Waals surface area (Å²) in [5, 5.41) is 2.23. The van der Waals surface area contributed by atoms with E-state index in [9.17, 15) is 0 Å². The molecule has 2 N–H and O–H groups in total. The van der Waals surface area contributed by atoms with Crippen LogP contribution in [0.4, 0.5) is 5.82 Å². The zero-order valence-electron chi connectivity index (χ0n) is 9.41. The van der Waals surface area contributed by atoms with Gasteiger partial charge in [-0.15, -0.1) is 0 Å². The molecule has 0 fully saturated rings. The molecule has 0 atom stereocenters. The van der Waals surface area contributed by atoms with Gasteiger partial charge in [0, 0.05) is 11.1 Å². The van der Waals surface area contributed by atoms with E-state index in [1.165, 1.54) is 10.9 Å². The molecule has 0 amide bonds. The Hall–Kier alpha value is -1.57. The van der Waals surface area contributed by atoms with E-state index >= 15 is 0 Å². The number of rotatable bonds is 1. The third kappa shape index (κ3) is 1.80. The smallest absolute Gasteiger partial charge is 0.131 e. The quantitative estimate of drug-likeness (QED) is 0.767. The molecule has 2 aromatic rings. The fourth-order valence-electron chi connectivity index (χ4n) is 1.80. The molecule has 0 radical (unpaired) electrons. The Morgan fingerprint density at radius 3 is 2.60 bits per heavy atom. The van der Waals surface area contributed by atoms with Crippen LogP contribution in [0.2, 0.25) is 0 Å². The molecule has 2 nitrogen and oxygen atoms in total. The normalized spacial score (nSPS) is 11.2. The van der Waals surface area contributed by atoms with Gasteiger partial charge in [-0.25, -0.2) is 4.98 Å². The van der Waals surface area contributed by atoms with Gasteiger partial charge in [0.25, 0.3) is 0 Å². The van der Waals surface area contributed by atoms with Crippen LogP contribution in [-0.2, 0) is 0 Å². The highest BCUT2D eigenvalue weighted by Gasteiger charge is 2.04. The highest BCUT2D eigenvalue weighted by atomic mass is 14.8. The predicted molar refractivity (Wildman–Crippen MR) is 65.0 cm³/mol. The van der Waals surface area contributed by atoms with Gasteiger partial charge in [-0.2, -0.15) is 0 Å². The summed E-state index contributed by atoms with van der Waals surface area (Å²) in [5.41, 5.74) is 8.19. The lowest BCUT2D eigenvalue weighted by atomic mass is 9.99. The Morgan fingerprint density at radius 2 is 1.93 bits per heavy atom. The molecule has 78 valence electrons. The largest absolute Gasteiger partial charge is 0.383 e. The average Bonchev–Trinajstić information content (AvgIpc) is 2.16. The number of pyridine rings is 1. The van der Waals surface area contributed by atoms with Crippen LogP contribution in [0, 0.1) is 6.92 Å². The molecule has 1 aromatic carbocycles. The lowest BCUT2D eigenvalue weighted by Gasteiger charge is -2.08. The van der Waals surface area contributed by atoms with Crippen molar-refractivity contribution in [1.29, 1.82) is 0 Å². The lowest BCUT2D eigenvalue weighted by molar-refractivity contribution is 0.868. The molecule has 1 heterocycles. The van der Waals surface area contributed by atoms with Gasteiger partial charge in [0.15, 0.2) is 0 Å². The van der Waals surface area contributed by atoms with E-state index in [1.54, 1.807) is 0 Å². The van der Waals surface area contributed by atoms with Crippen molar-refractivity contribution in [2.24, 2.45) is 0 Å². The standard InChI is InChI=1S/C13H16N2/c1-8(2)10-4-5-12-11(7-10)6-9(3)15-13(12)14/h4-8H,1-3H3,(H2,14,15). The summed E-state index contributed by atoms with van der Waals surface area (Å²) >= 11 is 0.